The summed E-state index contributed by atoms with van der Waals surface area (Å²) in [5.74, 6) is 1.35. The van der Waals surface area contributed by atoms with E-state index in [-0.39, 0.29) is 24.0 Å². The van der Waals surface area contributed by atoms with Gasteiger partial charge in [0.05, 0.1) is 24.1 Å². The molecule has 3 rings (SSSR count). The van der Waals surface area contributed by atoms with Gasteiger partial charge in [-0.3, -0.25) is 4.99 Å². The van der Waals surface area contributed by atoms with Gasteiger partial charge in [0.1, 0.15) is 6.10 Å². The van der Waals surface area contributed by atoms with Crippen molar-refractivity contribution in [3.63, 3.8) is 0 Å². The highest BCUT2D eigenvalue weighted by atomic mass is 127. The van der Waals surface area contributed by atoms with E-state index in [4.69, 9.17) is 16.3 Å². The average Bonchev–Trinajstić information content (AvgIpc) is 3.35. The minimum absolute atomic E-state index is 0. The van der Waals surface area contributed by atoms with Crippen molar-refractivity contribution < 1.29 is 9.84 Å². The summed E-state index contributed by atoms with van der Waals surface area (Å²) in [5.41, 5.74) is 1.20. The summed E-state index contributed by atoms with van der Waals surface area (Å²) < 4.78 is 6.60. The number of ether oxygens (including phenoxy) is 1. The molecule has 1 aliphatic heterocycles. The number of hydrogen-bond donors (Lipinski definition) is 2. The highest BCUT2D eigenvalue weighted by Gasteiger charge is 2.25. The molecule has 0 spiro atoms. The number of nitrogens with one attached hydrogen (secondary N) is 1. The Hall–Kier alpha value is -0.870. The molecule has 2 N–H and O–H groups in total. The van der Waals surface area contributed by atoms with E-state index in [1.54, 1.807) is 6.07 Å². The van der Waals surface area contributed by atoms with E-state index in [0.717, 1.165) is 43.5 Å². The van der Waals surface area contributed by atoms with Gasteiger partial charge in [0, 0.05) is 30.4 Å². The molecule has 1 aromatic carbocycles. The molecule has 0 aliphatic carbocycles. The first-order chi connectivity index (χ1) is 13.7. The molecule has 0 saturated carbocycles. The Kier molecular flexibility index (Phi) is 10.7. The second-order valence-electron chi connectivity index (χ2n) is 6.95. The molecular formula is C21H29ClIN3O2S. The number of halogens is 2. The van der Waals surface area contributed by atoms with Crippen LogP contribution in [-0.4, -0.2) is 48.8 Å². The van der Waals surface area contributed by atoms with Crippen molar-refractivity contribution in [1.29, 1.82) is 0 Å². The van der Waals surface area contributed by atoms with Gasteiger partial charge in [-0.25, -0.2) is 0 Å². The molecule has 5 nitrogen and oxygen atoms in total. The fourth-order valence-electron chi connectivity index (χ4n) is 3.27. The lowest BCUT2D eigenvalue weighted by Gasteiger charge is -2.22. The SMILES string of the molecule is CCNC(=NCC(O)c1ccc(Cl)s1)N1CCC(COCc2ccccc2)C1.I. The predicted molar refractivity (Wildman–Crippen MR) is 131 cm³/mol. The van der Waals surface area contributed by atoms with E-state index in [0.29, 0.717) is 23.4 Å². The first-order valence-electron chi connectivity index (χ1n) is 9.74. The lowest BCUT2D eigenvalue weighted by molar-refractivity contribution is 0.0906. The summed E-state index contributed by atoms with van der Waals surface area (Å²) in [6.45, 7) is 6.45. The van der Waals surface area contributed by atoms with Crippen LogP contribution in [0.15, 0.2) is 47.5 Å². The zero-order valence-corrected chi connectivity index (χ0v) is 20.5. The number of thiophene rings is 1. The molecule has 160 valence electrons. The molecule has 1 saturated heterocycles. The summed E-state index contributed by atoms with van der Waals surface area (Å²) in [4.78, 5) is 7.75. The second kappa shape index (κ2) is 12.7. The maximum absolute atomic E-state index is 10.3. The van der Waals surface area contributed by atoms with Crippen molar-refractivity contribution in [2.75, 3.05) is 32.8 Å². The van der Waals surface area contributed by atoms with Gasteiger partial charge < -0.3 is 20.1 Å². The zero-order valence-electron chi connectivity index (χ0n) is 16.6. The van der Waals surface area contributed by atoms with Gasteiger partial charge in [-0.1, -0.05) is 41.9 Å². The van der Waals surface area contributed by atoms with Gasteiger partial charge >= 0.3 is 0 Å². The number of likely N-dealkylation sites (tertiary alicyclic amines) is 1. The molecule has 2 heterocycles. The smallest absolute Gasteiger partial charge is 0.194 e. The van der Waals surface area contributed by atoms with Gasteiger partial charge in [0.15, 0.2) is 5.96 Å². The number of aliphatic hydroxyl groups excluding tert-OH is 1. The first-order valence-corrected chi connectivity index (χ1v) is 10.9. The lowest BCUT2D eigenvalue weighted by atomic mass is 10.1. The van der Waals surface area contributed by atoms with Gasteiger partial charge in [0.2, 0.25) is 0 Å². The Morgan fingerprint density at radius 2 is 2.14 bits per heavy atom. The summed E-state index contributed by atoms with van der Waals surface area (Å²) in [6, 6.07) is 13.9. The molecule has 2 unspecified atom stereocenters. The van der Waals surface area contributed by atoms with Crippen molar-refractivity contribution >= 4 is 52.9 Å². The number of benzene rings is 1. The topological polar surface area (TPSA) is 57.1 Å². The van der Waals surface area contributed by atoms with Crippen molar-refractivity contribution in [1.82, 2.24) is 10.2 Å². The molecule has 1 fully saturated rings. The molecule has 29 heavy (non-hydrogen) atoms. The quantitative estimate of drug-likeness (QED) is 0.288. The van der Waals surface area contributed by atoms with Crippen molar-refractivity contribution in [2.24, 2.45) is 10.9 Å². The molecule has 8 heteroatoms. The monoisotopic (exact) mass is 549 g/mol. The van der Waals surface area contributed by atoms with Crippen molar-refractivity contribution in [3.8, 4) is 0 Å². The number of rotatable bonds is 8. The van der Waals surface area contributed by atoms with Crippen LogP contribution in [0.25, 0.3) is 0 Å². The number of nitrogens with zero attached hydrogens (tertiary/aromatic N) is 2. The van der Waals surface area contributed by atoms with Crippen LogP contribution in [-0.2, 0) is 11.3 Å². The highest BCUT2D eigenvalue weighted by molar-refractivity contribution is 14.0. The van der Waals surface area contributed by atoms with E-state index in [1.807, 2.05) is 24.3 Å². The van der Waals surface area contributed by atoms with Gasteiger partial charge in [-0.15, -0.1) is 35.3 Å². The summed E-state index contributed by atoms with van der Waals surface area (Å²) in [7, 11) is 0. The molecule has 0 bridgehead atoms. The molecule has 0 amide bonds. The van der Waals surface area contributed by atoms with Crippen molar-refractivity contribution in [3.05, 3.63) is 57.2 Å². The van der Waals surface area contributed by atoms with Crippen LogP contribution in [0.5, 0.6) is 0 Å². The summed E-state index contributed by atoms with van der Waals surface area (Å²) >= 11 is 7.35. The normalized spacial score (nSPS) is 17.8. The van der Waals surface area contributed by atoms with Gasteiger partial charge in [0.25, 0.3) is 0 Å². The Bertz CT molecular complexity index is 759. The van der Waals surface area contributed by atoms with Crippen LogP contribution >= 0.6 is 46.9 Å². The largest absolute Gasteiger partial charge is 0.386 e. The molecule has 2 atom stereocenters. The third-order valence-corrected chi connectivity index (χ3v) is 6.05. The minimum Gasteiger partial charge on any atom is -0.386 e. The summed E-state index contributed by atoms with van der Waals surface area (Å²) in [6.07, 6.45) is 0.459. The molecule has 1 aromatic heterocycles. The Labute approximate surface area is 199 Å². The van der Waals surface area contributed by atoms with Crippen LogP contribution in [0.1, 0.15) is 29.9 Å². The Balaban J connectivity index is 0.00000300. The zero-order chi connectivity index (χ0) is 19.8. The fraction of sp³-hybridized carbons (Fsp3) is 0.476. The number of guanidine groups is 1. The Morgan fingerprint density at radius 3 is 2.83 bits per heavy atom. The van der Waals surface area contributed by atoms with Crippen LogP contribution in [0.4, 0.5) is 0 Å². The van der Waals surface area contributed by atoms with Crippen LogP contribution in [0, 0.1) is 5.92 Å². The van der Waals surface area contributed by atoms with E-state index in [2.05, 4.69) is 34.3 Å². The number of aliphatic imine (C=N–C) groups is 1. The minimum atomic E-state index is -0.626. The molecular weight excluding hydrogens is 521 g/mol. The summed E-state index contributed by atoms with van der Waals surface area (Å²) in [5, 5.41) is 13.7. The number of hydrogen-bond acceptors (Lipinski definition) is 4. The highest BCUT2D eigenvalue weighted by Crippen LogP contribution is 2.27. The fourth-order valence-corrected chi connectivity index (χ4v) is 4.31. The van der Waals surface area contributed by atoms with E-state index in [9.17, 15) is 5.11 Å². The van der Waals surface area contributed by atoms with Crippen LogP contribution in [0.3, 0.4) is 0 Å². The Morgan fingerprint density at radius 1 is 1.34 bits per heavy atom. The third kappa shape index (κ3) is 7.71. The molecule has 0 radical (unpaired) electrons. The van der Waals surface area contributed by atoms with E-state index < -0.39 is 6.10 Å². The standard InChI is InChI=1S/C21H28ClN3O2S.HI/c1-2-23-21(24-12-18(26)19-8-9-20(22)28-19)25-11-10-17(13-25)15-27-14-16-6-4-3-5-7-16;/h3-9,17-18,26H,2,10-15H2,1H3,(H,23,24);1H. The van der Waals surface area contributed by atoms with Crippen LogP contribution < -0.4 is 5.32 Å². The lowest BCUT2D eigenvalue weighted by Crippen LogP contribution is -2.40. The maximum Gasteiger partial charge on any atom is 0.194 e. The molecule has 2 aromatic rings. The first kappa shape index (κ1) is 24.4. The van der Waals surface area contributed by atoms with Crippen molar-refractivity contribution in [2.45, 2.75) is 26.1 Å². The average molecular weight is 550 g/mol. The van der Waals surface area contributed by atoms with Crippen LogP contribution in [0.2, 0.25) is 4.34 Å². The number of aliphatic hydroxyl groups is 1. The predicted octanol–water partition coefficient (Wildman–Crippen LogP) is 4.56. The maximum atomic E-state index is 10.3. The van der Waals surface area contributed by atoms with E-state index >= 15 is 0 Å². The van der Waals surface area contributed by atoms with Gasteiger partial charge in [-0.05, 0) is 31.0 Å². The second-order valence-corrected chi connectivity index (χ2v) is 8.70. The van der Waals surface area contributed by atoms with Gasteiger partial charge in [-0.2, -0.15) is 0 Å². The molecule has 1 aliphatic rings. The third-order valence-electron chi connectivity index (χ3n) is 4.72. The van der Waals surface area contributed by atoms with E-state index in [1.165, 1.54) is 16.9 Å².